The van der Waals surface area contributed by atoms with Crippen molar-refractivity contribution in [3.8, 4) is 6.07 Å². The van der Waals surface area contributed by atoms with Gasteiger partial charge in [0.05, 0.1) is 18.1 Å². The van der Waals surface area contributed by atoms with Crippen molar-refractivity contribution in [3.63, 3.8) is 0 Å². The Kier molecular flexibility index (Phi) is 5.33. The second kappa shape index (κ2) is 7.83. The molecule has 3 rings (SSSR count). The Labute approximate surface area is 153 Å². The van der Waals surface area contributed by atoms with Crippen molar-refractivity contribution >= 4 is 11.8 Å². The number of carbonyl (C=O) groups is 2. The van der Waals surface area contributed by atoms with E-state index in [4.69, 9.17) is 5.26 Å². The van der Waals surface area contributed by atoms with E-state index >= 15 is 0 Å². The number of piperazine rings is 1. The van der Waals surface area contributed by atoms with Gasteiger partial charge in [0.1, 0.15) is 0 Å². The second-order valence-electron chi connectivity index (χ2n) is 6.47. The van der Waals surface area contributed by atoms with Gasteiger partial charge in [-0.2, -0.15) is 5.26 Å². The smallest absolute Gasteiger partial charge is 0.254 e. The molecule has 0 aliphatic carbocycles. The van der Waals surface area contributed by atoms with Crippen LogP contribution in [0.3, 0.4) is 0 Å². The molecular formula is C21H21N3O2. The third-order valence-electron chi connectivity index (χ3n) is 4.76. The fraction of sp³-hybridized carbons (Fsp3) is 0.286. The summed E-state index contributed by atoms with van der Waals surface area (Å²) in [6.45, 7) is 4.10. The fourth-order valence-corrected chi connectivity index (χ4v) is 3.15. The molecule has 1 saturated heterocycles. The molecule has 0 spiro atoms. The largest absolute Gasteiger partial charge is 0.339 e. The van der Waals surface area contributed by atoms with Crippen molar-refractivity contribution in [3.05, 3.63) is 70.8 Å². The maximum absolute atomic E-state index is 12.6. The van der Waals surface area contributed by atoms with Crippen molar-refractivity contribution < 1.29 is 9.59 Å². The molecule has 2 aromatic carbocycles. The van der Waals surface area contributed by atoms with Gasteiger partial charge in [0.25, 0.3) is 5.91 Å². The molecule has 0 N–H and O–H groups in total. The normalized spacial score (nSPS) is 14.0. The van der Waals surface area contributed by atoms with Gasteiger partial charge in [-0.1, -0.05) is 30.3 Å². The summed E-state index contributed by atoms with van der Waals surface area (Å²) in [5.41, 5.74) is 3.16. The zero-order chi connectivity index (χ0) is 18.5. The summed E-state index contributed by atoms with van der Waals surface area (Å²) in [4.78, 5) is 28.7. The van der Waals surface area contributed by atoms with Gasteiger partial charge in [0.15, 0.2) is 0 Å². The predicted molar refractivity (Wildman–Crippen MR) is 98.5 cm³/mol. The van der Waals surface area contributed by atoms with Crippen LogP contribution in [0, 0.1) is 18.3 Å². The molecule has 26 heavy (non-hydrogen) atoms. The fourth-order valence-electron chi connectivity index (χ4n) is 3.15. The van der Waals surface area contributed by atoms with Gasteiger partial charge in [-0.15, -0.1) is 0 Å². The molecular weight excluding hydrogens is 326 g/mol. The highest BCUT2D eigenvalue weighted by Crippen LogP contribution is 2.13. The number of amides is 2. The van der Waals surface area contributed by atoms with Crippen LogP contribution in [0.25, 0.3) is 0 Å². The Morgan fingerprint density at radius 3 is 2.38 bits per heavy atom. The Morgan fingerprint density at radius 1 is 1.00 bits per heavy atom. The number of hydrogen-bond donors (Lipinski definition) is 0. The lowest BCUT2D eigenvalue weighted by atomic mass is 10.0. The molecule has 5 heteroatoms. The van der Waals surface area contributed by atoms with Crippen molar-refractivity contribution in [2.45, 2.75) is 13.3 Å². The van der Waals surface area contributed by atoms with Crippen LogP contribution in [-0.2, 0) is 11.2 Å². The third-order valence-corrected chi connectivity index (χ3v) is 4.76. The van der Waals surface area contributed by atoms with E-state index in [0.29, 0.717) is 43.7 Å². The summed E-state index contributed by atoms with van der Waals surface area (Å²) >= 11 is 0. The Balaban J connectivity index is 1.58. The molecule has 2 aromatic rings. The van der Waals surface area contributed by atoms with Gasteiger partial charge in [-0.05, 0) is 36.2 Å². The Bertz CT molecular complexity index is 862. The minimum Gasteiger partial charge on any atom is -0.339 e. The Hall–Kier alpha value is -3.13. The molecule has 1 aliphatic heterocycles. The summed E-state index contributed by atoms with van der Waals surface area (Å²) in [5, 5.41) is 8.97. The quantitative estimate of drug-likeness (QED) is 0.856. The molecule has 2 amide bonds. The van der Waals surface area contributed by atoms with Crippen molar-refractivity contribution in [1.82, 2.24) is 9.80 Å². The van der Waals surface area contributed by atoms with Crippen LogP contribution in [0.5, 0.6) is 0 Å². The standard InChI is InChI=1S/C21H21N3O2/c1-16-5-2-3-7-18(16)14-20(25)23-9-11-24(12-10-23)21(26)19-8-4-6-17(13-19)15-22/h2-8,13H,9-12,14H2,1H3. The summed E-state index contributed by atoms with van der Waals surface area (Å²) in [6, 6.07) is 16.7. The molecule has 0 aromatic heterocycles. The van der Waals surface area contributed by atoms with Crippen LogP contribution in [0.1, 0.15) is 27.0 Å². The van der Waals surface area contributed by atoms with Gasteiger partial charge in [0.2, 0.25) is 5.91 Å². The molecule has 5 nitrogen and oxygen atoms in total. The number of benzene rings is 2. The number of carbonyl (C=O) groups excluding carboxylic acids is 2. The number of nitriles is 1. The van der Waals surface area contributed by atoms with Gasteiger partial charge in [-0.25, -0.2) is 0 Å². The first-order valence-electron chi connectivity index (χ1n) is 8.70. The zero-order valence-corrected chi connectivity index (χ0v) is 14.8. The summed E-state index contributed by atoms with van der Waals surface area (Å²) in [7, 11) is 0. The minimum atomic E-state index is -0.0897. The van der Waals surface area contributed by atoms with Crippen LogP contribution < -0.4 is 0 Å². The highest BCUT2D eigenvalue weighted by molar-refractivity contribution is 5.94. The number of rotatable bonds is 3. The van der Waals surface area contributed by atoms with E-state index in [1.807, 2.05) is 36.1 Å². The molecule has 0 atom stereocenters. The van der Waals surface area contributed by atoms with Crippen LogP contribution >= 0.6 is 0 Å². The third kappa shape index (κ3) is 3.92. The van der Waals surface area contributed by atoms with E-state index in [0.717, 1.165) is 11.1 Å². The monoisotopic (exact) mass is 347 g/mol. The highest BCUT2D eigenvalue weighted by Gasteiger charge is 2.25. The molecule has 0 radical (unpaired) electrons. The predicted octanol–water partition coefficient (Wildman–Crippen LogP) is 2.39. The van der Waals surface area contributed by atoms with Crippen molar-refractivity contribution in [1.29, 1.82) is 5.26 Å². The van der Waals surface area contributed by atoms with Gasteiger partial charge in [0, 0.05) is 31.7 Å². The Morgan fingerprint density at radius 2 is 1.69 bits per heavy atom. The van der Waals surface area contributed by atoms with Gasteiger partial charge < -0.3 is 9.80 Å². The summed E-state index contributed by atoms with van der Waals surface area (Å²) < 4.78 is 0. The van der Waals surface area contributed by atoms with E-state index in [-0.39, 0.29) is 11.8 Å². The average molecular weight is 347 g/mol. The molecule has 0 unspecified atom stereocenters. The van der Waals surface area contributed by atoms with Crippen LogP contribution in [0.2, 0.25) is 0 Å². The molecule has 1 fully saturated rings. The molecule has 0 saturated carbocycles. The zero-order valence-electron chi connectivity index (χ0n) is 14.8. The van der Waals surface area contributed by atoms with E-state index < -0.39 is 0 Å². The molecule has 1 heterocycles. The number of hydrogen-bond acceptors (Lipinski definition) is 3. The van der Waals surface area contributed by atoms with Crippen molar-refractivity contribution in [2.24, 2.45) is 0 Å². The van der Waals surface area contributed by atoms with Crippen LogP contribution in [0.15, 0.2) is 48.5 Å². The SMILES string of the molecule is Cc1ccccc1CC(=O)N1CCN(C(=O)c2cccc(C#N)c2)CC1. The maximum atomic E-state index is 12.6. The first-order valence-corrected chi connectivity index (χ1v) is 8.70. The van der Waals surface area contributed by atoms with Crippen LogP contribution in [0.4, 0.5) is 0 Å². The van der Waals surface area contributed by atoms with E-state index in [2.05, 4.69) is 6.07 Å². The maximum Gasteiger partial charge on any atom is 0.254 e. The van der Waals surface area contributed by atoms with Gasteiger partial charge in [-0.3, -0.25) is 9.59 Å². The van der Waals surface area contributed by atoms with E-state index in [1.54, 1.807) is 29.2 Å². The average Bonchev–Trinajstić information content (AvgIpc) is 2.69. The topological polar surface area (TPSA) is 64.4 Å². The van der Waals surface area contributed by atoms with Crippen molar-refractivity contribution in [2.75, 3.05) is 26.2 Å². The summed E-state index contributed by atoms with van der Waals surface area (Å²) in [5.74, 6) is 0.00554. The second-order valence-corrected chi connectivity index (χ2v) is 6.47. The lowest BCUT2D eigenvalue weighted by Crippen LogP contribution is -2.51. The van der Waals surface area contributed by atoms with Crippen LogP contribution in [-0.4, -0.2) is 47.8 Å². The molecule has 1 aliphatic rings. The first-order chi connectivity index (χ1) is 12.6. The summed E-state index contributed by atoms with van der Waals surface area (Å²) in [6.07, 6.45) is 0.394. The lowest BCUT2D eigenvalue weighted by molar-refractivity contribution is -0.131. The molecule has 0 bridgehead atoms. The van der Waals surface area contributed by atoms with E-state index in [9.17, 15) is 9.59 Å². The minimum absolute atomic E-state index is 0.0897. The lowest BCUT2D eigenvalue weighted by Gasteiger charge is -2.35. The van der Waals surface area contributed by atoms with Gasteiger partial charge >= 0.3 is 0 Å². The molecule has 132 valence electrons. The number of nitrogens with zero attached hydrogens (tertiary/aromatic N) is 3. The van der Waals surface area contributed by atoms with E-state index in [1.165, 1.54) is 0 Å². The highest BCUT2D eigenvalue weighted by atomic mass is 16.2. The first kappa shape index (κ1) is 17.7. The number of aryl methyl sites for hydroxylation is 1.